The van der Waals surface area contributed by atoms with Crippen molar-refractivity contribution in [3.63, 3.8) is 0 Å². The van der Waals surface area contributed by atoms with Crippen molar-refractivity contribution in [3.8, 4) is 10.6 Å². The molecule has 1 fully saturated rings. The lowest BCUT2D eigenvalue weighted by molar-refractivity contribution is 0.0630. The summed E-state index contributed by atoms with van der Waals surface area (Å²) in [5, 5.41) is 7.44. The van der Waals surface area contributed by atoms with Crippen molar-refractivity contribution in [1.29, 1.82) is 0 Å². The second-order valence-corrected chi connectivity index (χ2v) is 9.45. The molecule has 4 aromatic rings. The first-order valence-electron chi connectivity index (χ1n) is 10.9. The predicted octanol–water partition coefficient (Wildman–Crippen LogP) is 4.27. The zero-order valence-electron chi connectivity index (χ0n) is 18.7. The van der Waals surface area contributed by atoms with Crippen LogP contribution in [0.15, 0.2) is 47.8 Å². The maximum Gasteiger partial charge on any atom is 0.254 e. The van der Waals surface area contributed by atoms with Crippen molar-refractivity contribution in [2.75, 3.05) is 26.2 Å². The number of nitrogens with zero attached hydrogens (tertiary/aromatic N) is 5. The summed E-state index contributed by atoms with van der Waals surface area (Å²) in [6, 6.07) is 14.7. The van der Waals surface area contributed by atoms with E-state index in [1.165, 1.54) is 11.1 Å². The molecule has 3 aromatic heterocycles. The summed E-state index contributed by atoms with van der Waals surface area (Å²) in [6.45, 7) is 8.19. The summed E-state index contributed by atoms with van der Waals surface area (Å²) in [7, 11) is 1.89. The van der Waals surface area contributed by atoms with Gasteiger partial charge in [-0.3, -0.25) is 14.4 Å². The SMILES string of the molecule is Cc1cccc(CN2CCN(C(=O)c3cc(-c4cccs4)nc4c3c(C)nn4C)CC2)c1. The highest BCUT2D eigenvalue weighted by Crippen LogP contribution is 2.30. The van der Waals surface area contributed by atoms with Crippen molar-refractivity contribution in [1.82, 2.24) is 24.6 Å². The number of aromatic nitrogens is 3. The maximum atomic E-state index is 13.7. The van der Waals surface area contributed by atoms with Crippen LogP contribution in [0.1, 0.15) is 27.2 Å². The molecule has 32 heavy (non-hydrogen) atoms. The quantitative estimate of drug-likeness (QED) is 0.471. The topological polar surface area (TPSA) is 54.3 Å². The largest absolute Gasteiger partial charge is 0.336 e. The molecule has 7 heteroatoms. The van der Waals surface area contributed by atoms with Gasteiger partial charge in [0.2, 0.25) is 0 Å². The fraction of sp³-hybridized carbons (Fsp3) is 0.320. The first-order valence-corrected chi connectivity index (χ1v) is 11.8. The summed E-state index contributed by atoms with van der Waals surface area (Å²) in [6.07, 6.45) is 0. The molecule has 5 rings (SSSR count). The number of hydrogen-bond donors (Lipinski definition) is 0. The molecular formula is C25H27N5OS. The van der Waals surface area contributed by atoms with Gasteiger partial charge in [-0.1, -0.05) is 35.9 Å². The van der Waals surface area contributed by atoms with E-state index in [1.54, 1.807) is 16.0 Å². The number of fused-ring (bicyclic) bond motifs is 1. The van der Waals surface area contributed by atoms with Gasteiger partial charge in [0, 0.05) is 39.8 Å². The molecule has 164 valence electrons. The Morgan fingerprint density at radius 1 is 1.06 bits per heavy atom. The van der Waals surface area contributed by atoms with Crippen molar-refractivity contribution < 1.29 is 4.79 Å². The number of carbonyl (C=O) groups is 1. The third kappa shape index (κ3) is 3.94. The van der Waals surface area contributed by atoms with E-state index < -0.39 is 0 Å². The number of rotatable bonds is 4. The van der Waals surface area contributed by atoms with Crippen LogP contribution in [0.5, 0.6) is 0 Å². The second-order valence-electron chi connectivity index (χ2n) is 8.50. The summed E-state index contributed by atoms with van der Waals surface area (Å²) in [5.41, 5.74) is 5.75. The molecule has 0 unspecified atom stereocenters. The molecule has 0 radical (unpaired) electrons. The Kier molecular flexibility index (Phi) is 5.53. The average Bonchev–Trinajstić information content (AvgIpc) is 3.42. The number of thiophene rings is 1. The summed E-state index contributed by atoms with van der Waals surface area (Å²) in [4.78, 5) is 23.9. The molecule has 1 aliphatic rings. The molecule has 1 saturated heterocycles. The van der Waals surface area contributed by atoms with Gasteiger partial charge in [0.05, 0.1) is 27.2 Å². The lowest BCUT2D eigenvalue weighted by Crippen LogP contribution is -2.48. The van der Waals surface area contributed by atoms with Gasteiger partial charge in [-0.15, -0.1) is 11.3 Å². The molecule has 0 atom stereocenters. The highest BCUT2D eigenvalue weighted by atomic mass is 32.1. The first kappa shape index (κ1) is 20.8. The number of pyridine rings is 1. The molecule has 0 bridgehead atoms. The molecule has 6 nitrogen and oxygen atoms in total. The molecule has 0 N–H and O–H groups in total. The highest BCUT2D eigenvalue weighted by molar-refractivity contribution is 7.13. The van der Waals surface area contributed by atoms with Gasteiger partial charge >= 0.3 is 0 Å². The van der Waals surface area contributed by atoms with Crippen LogP contribution in [-0.2, 0) is 13.6 Å². The third-order valence-corrected chi connectivity index (χ3v) is 7.01. The van der Waals surface area contributed by atoms with Gasteiger partial charge in [-0.05, 0) is 36.9 Å². The van der Waals surface area contributed by atoms with E-state index in [0.717, 1.165) is 60.0 Å². The Balaban J connectivity index is 1.39. The zero-order valence-corrected chi connectivity index (χ0v) is 19.5. The van der Waals surface area contributed by atoms with Gasteiger partial charge < -0.3 is 4.90 Å². The van der Waals surface area contributed by atoms with Crippen LogP contribution in [-0.4, -0.2) is 56.7 Å². The van der Waals surface area contributed by atoms with Gasteiger partial charge in [0.15, 0.2) is 5.65 Å². The van der Waals surface area contributed by atoms with Crippen LogP contribution in [0.4, 0.5) is 0 Å². The smallest absolute Gasteiger partial charge is 0.254 e. The van der Waals surface area contributed by atoms with Crippen LogP contribution >= 0.6 is 11.3 Å². The molecule has 0 aliphatic carbocycles. The first-order chi connectivity index (χ1) is 15.5. The predicted molar refractivity (Wildman–Crippen MR) is 129 cm³/mol. The fourth-order valence-corrected chi connectivity index (χ4v) is 5.20. The van der Waals surface area contributed by atoms with Gasteiger partial charge in [0.25, 0.3) is 5.91 Å². The molecule has 1 amide bonds. The summed E-state index contributed by atoms with van der Waals surface area (Å²) in [5.74, 6) is 0.0708. The Labute approximate surface area is 192 Å². The number of benzene rings is 1. The molecule has 1 aromatic carbocycles. The minimum atomic E-state index is 0.0708. The van der Waals surface area contributed by atoms with Crippen LogP contribution < -0.4 is 0 Å². The van der Waals surface area contributed by atoms with Crippen LogP contribution in [0, 0.1) is 13.8 Å². The number of amides is 1. The maximum absolute atomic E-state index is 13.7. The Hall–Kier alpha value is -3.03. The van der Waals surface area contributed by atoms with E-state index in [4.69, 9.17) is 4.98 Å². The Bertz CT molecular complexity index is 1270. The molecule has 0 saturated carbocycles. The normalized spacial score (nSPS) is 14.9. The fourth-order valence-electron chi connectivity index (χ4n) is 4.51. The third-order valence-electron chi connectivity index (χ3n) is 6.12. The van der Waals surface area contributed by atoms with Crippen LogP contribution in [0.25, 0.3) is 21.6 Å². The lowest BCUT2D eigenvalue weighted by atomic mass is 10.1. The van der Waals surface area contributed by atoms with E-state index in [-0.39, 0.29) is 5.91 Å². The monoisotopic (exact) mass is 445 g/mol. The van der Waals surface area contributed by atoms with E-state index in [9.17, 15) is 4.79 Å². The Morgan fingerprint density at radius 3 is 2.59 bits per heavy atom. The Morgan fingerprint density at radius 2 is 1.88 bits per heavy atom. The minimum absolute atomic E-state index is 0.0708. The van der Waals surface area contributed by atoms with Gasteiger partial charge in [-0.25, -0.2) is 4.98 Å². The summed E-state index contributed by atoms with van der Waals surface area (Å²) < 4.78 is 1.78. The van der Waals surface area contributed by atoms with Crippen LogP contribution in [0.3, 0.4) is 0 Å². The number of piperazine rings is 1. The molecule has 4 heterocycles. The van der Waals surface area contributed by atoms with Crippen molar-refractivity contribution in [3.05, 3.63) is 70.2 Å². The van der Waals surface area contributed by atoms with E-state index in [0.29, 0.717) is 5.56 Å². The number of carbonyl (C=O) groups excluding carboxylic acids is 1. The van der Waals surface area contributed by atoms with Gasteiger partial charge in [0.1, 0.15) is 0 Å². The second kappa shape index (κ2) is 8.48. The van der Waals surface area contributed by atoms with Gasteiger partial charge in [-0.2, -0.15) is 5.10 Å². The van der Waals surface area contributed by atoms with E-state index in [1.807, 2.05) is 42.5 Å². The number of hydrogen-bond acceptors (Lipinski definition) is 5. The average molecular weight is 446 g/mol. The zero-order chi connectivity index (χ0) is 22.2. The number of aryl methyl sites for hydroxylation is 3. The van der Waals surface area contributed by atoms with E-state index >= 15 is 0 Å². The lowest BCUT2D eigenvalue weighted by Gasteiger charge is -2.35. The van der Waals surface area contributed by atoms with Crippen molar-refractivity contribution >= 4 is 28.3 Å². The van der Waals surface area contributed by atoms with Crippen molar-refractivity contribution in [2.45, 2.75) is 20.4 Å². The molecule has 0 spiro atoms. The van der Waals surface area contributed by atoms with E-state index in [2.05, 4.69) is 41.2 Å². The minimum Gasteiger partial charge on any atom is -0.336 e. The molecular weight excluding hydrogens is 418 g/mol. The summed E-state index contributed by atoms with van der Waals surface area (Å²) >= 11 is 1.63. The highest BCUT2D eigenvalue weighted by Gasteiger charge is 2.26. The van der Waals surface area contributed by atoms with Crippen molar-refractivity contribution in [2.24, 2.45) is 7.05 Å². The standard InChI is InChI=1S/C25H27N5OS/c1-17-6-4-7-19(14-17)16-29-9-11-30(12-10-29)25(31)20-15-21(22-8-5-13-32-22)26-24-23(20)18(2)27-28(24)3/h4-8,13-15H,9-12,16H2,1-3H3. The molecule has 1 aliphatic heterocycles. The van der Waals surface area contributed by atoms with Crippen LogP contribution in [0.2, 0.25) is 0 Å².